The molecule has 0 bridgehead atoms. The summed E-state index contributed by atoms with van der Waals surface area (Å²) in [5.74, 6) is 0.0367. The van der Waals surface area contributed by atoms with Crippen LogP contribution in [0.1, 0.15) is 33.6 Å². The number of nitrogens with two attached hydrogens (primary N) is 1. The predicted octanol–water partition coefficient (Wildman–Crippen LogP) is 0.110. The largest absolute Gasteiger partial charge is 0.355 e. The number of carbonyl (C=O) groups is 2. The van der Waals surface area contributed by atoms with Crippen LogP contribution in [0.25, 0.3) is 0 Å². The van der Waals surface area contributed by atoms with Gasteiger partial charge in [-0.3, -0.25) is 14.5 Å². The van der Waals surface area contributed by atoms with E-state index in [1.807, 2.05) is 20.8 Å². The first kappa shape index (κ1) is 20.1. The minimum Gasteiger partial charge on any atom is -0.355 e. The van der Waals surface area contributed by atoms with Crippen LogP contribution in [0.2, 0.25) is 0 Å². The number of rotatable bonds is 5. The molecule has 1 fully saturated rings. The topological polar surface area (TPSA) is 87.5 Å². The number of hydrogen-bond acceptors (Lipinski definition) is 4. The first-order valence-corrected chi connectivity index (χ1v) is 7.33. The third-order valence-corrected chi connectivity index (χ3v) is 3.20. The molecule has 0 aromatic heterocycles. The van der Waals surface area contributed by atoms with Crippen molar-refractivity contribution in [2.24, 2.45) is 11.7 Å². The molecule has 6 nitrogen and oxygen atoms in total. The molecule has 0 saturated carbocycles. The highest BCUT2D eigenvalue weighted by Crippen LogP contribution is 2.16. The maximum atomic E-state index is 11.9. The first-order chi connectivity index (χ1) is 9.31. The highest BCUT2D eigenvalue weighted by molar-refractivity contribution is 5.85. The number of carbonyl (C=O) groups excluding carboxylic acids is 2. The minimum atomic E-state index is -0.217. The van der Waals surface area contributed by atoms with Crippen molar-refractivity contribution >= 4 is 24.2 Å². The van der Waals surface area contributed by atoms with E-state index in [2.05, 4.69) is 15.5 Å². The van der Waals surface area contributed by atoms with Gasteiger partial charge in [0.25, 0.3) is 0 Å². The Morgan fingerprint density at radius 1 is 1.33 bits per heavy atom. The zero-order valence-corrected chi connectivity index (χ0v) is 14.1. The first-order valence-electron chi connectivity index (χ1n) is 7.33. The molecule has 4 N–H and O–H groups in total. The Morgan fingerprint density at radius 2 is 2.00 bits per heavy atom. The normalized spacial score (nSPS) is 19.5. The Hall–Kier alpha value is -0.850. The second kappa shape index (κ2) is 9.23. The van der Waals surface area contributed by atoms with Crippen LogP contribution in [0.4, 0.5) is 0 Å². The van der Waals surface area contributed by atoms with Crippen molar-refractivity contribution in [1.82, 2.24) is 15.5 Å². The second-order valence-electron chi connectivity index (χ2n) is 6.45. The minimum absolute atomic E-state index is 0. The number of nitrogens with zero attached hydrogens (tertiary/aromatic N) is 1. The Labute approximate surface area is 133 Å². The van der Waals surface area contributed by atoms with E-state index in [0.717, 1.165) is 19.4 Å². The van der Waals surface area contributed by atoms with Crippen molar-refractivity contribution in [2.75, 3.05) is 32.7 Å². The monoisotopic (exact) mass is 320 g/mol. The molecular weight excluding hydrogens is 292 g/mol. The molecule has 0 spiro atoms. The van der Waals surface area contributed by atoms with Crippen molar-refractivity contribution in [1.29, 1.82) is 0 Å². The van der Waals surface area contributed by atoms with Gasteiger partial charge in [-0.05, 0) is 40.2 Å². The molecule has 1 saturated heterocycles. The molecule has 1 atom stereocenters. The van der Waals surface area contributed by atoms with Crippen LogP contribution in [0.15, 0.2) is 0 Å². The standard InChI is InChI=1S/C14H28N4O2.ClH/c1-14(2,3)17-12(19)10-18-8-4-5-11(9-18)13(20)16-7-6-15;/h11H,4-10,15H2,1-3H3,(H,16,20)(H,17,19);1H. The Balaban J connectivity index is 0.00000400. The average Bonchev–Trinajstić information content (AvgIpc) is 2.33. The molecule has 7 heteroatoms. The highest BCUT2D eigenvalue weighted by atomic mass is 35.5. The van der Waals surface area contributed by atoms with Gasteiger partial charge in [-0.25, -0.2) is 0 Å². The number of halogens is 1. The molecule has 1 heterocycles. The quantitative estimate of drug-likeness (QED) is 0.671. The Bertz CT molecular complexity index is 344. The molecular formula is C14H29ClN4O2. The summed E-state index contributed by atoms with van der Waals surface area (Å²) in [6, 6.07) is 0. The summed E-state index contributed by atoms with van der Waals surface area (Å²) in [5.41, 5.74) is 5.16. The number of piperidine rings is 1. The fourth-order valence-corrected chi connectivity index (χ4v) is 2.41. The maximum absolute atomic E-state index is 11.9. The third kappa shape index (κ3) is 8.24. The molecule has 0 aromatic carbocycles. The summed E-state index contributed by atoms with van der Waals surface area (Å²) in [6.07, 6.45) is 1.83. The lowest BCUT2D eigenvalue weighted by molar-refractivity contribution is -0.129. The summed E-state index contributed by atoms with van der Waals surface area (Å²) < 4.78 is 0. The van der Waals surface area contributed by atoms with Gasteiger partial charge in [-0.15, -0.1) is 12.4 Å². The maximum Gasteiger partial charge on any atom is 0.234 e. The molecule has 0 radical (unpaired) electrons. The van der Waals surface area contributed by atoms with Crippen molar-refractivity contribution in [2.45, 2.75) is 39.2 Å². The van der Waals surface area contributed by atoms with Crippen LogP contribution < -0.4 is 16.4 Å². The number of likely N-dealkylation sites (tertiary alicyclic amines) is 1. The van der Waals surface area contributed by atoms with Crippen molar-refractivity contribution in [3.63, 3.8) is 0 Å². The van der Waals surface area contributed by atoms with E-state index in [0.29, 0.717) is 26.2 Å². The van der Waals surface area contributed by atoms with Crippen LogP contribution in [-0.4, -0.2) is 55.0 Å². The van der Waals surface area contributed by atoms with Crippen LogP contribution in [0, 0.1) is 5.92 Å². The van der Waals surface area contributed by atoms with E-state index in [1.54, 1.807) is 0 Å². The zero-order valence-electron chi connectivity index (χ0n) is 13.3. The zero-order chi connectivity index (χ0) is 15.2. The van der Waals surface area contributed by atoms with Gasteiger partial charge in [-0.1, -0.05) is 0 Å². The van der Waals surface area contributed by atoms with Crippen molar-refractivity contribution in [3.05, 3.63) is 0 Å². The van der Waals surface area contributed by atoms with Gasteiger partial charge in [0.05, 0.1) is 12.5 Å². The van der Waals surface area contributed by atoms with E-state index in [4.69, 9.17) is 5.73 Å². The molecule has 124 valence electrons. The van der Waals surface area contributed by atoms with Gasteiger partial charge >= 0.3 is 0 Å². The fraction of sp³-hybridized carbons (Fsp3) is 0.857. The summed E-state index contributed by atoms with van der Waals surface area (Å²) in [6.45, 7) is 8.73. The van der Waals surface area contributed by atoms with Gasteiger partial charge in [0.2, 0.25) is 11.8 Å². The summed E-state index contributed by atoms with van der Waals surface area (Å²) in [7, 11) is 0. The van der Waals surface area contributed by atoms with E-state index >= 15 is 0 Å². The fourth-order valence-electron chi connectivity index (χ4n) is 2.41. The Kier molecular flexibility index (Phi) is 8.85. The van der Waals surface area contributed by atoms with Gasteiger partial charge in [-0.2, -0.15) is 0 Å². The Morgan fingerprint density at radius 3 is 2.57 bits per heavy atom. The predicted molar refractivity (Wildman–Crippen MR) is 86.4 cm³/mol. The smallest absolute Gasteiger partial charge is 0.234 e. The SMILES string of the molecule is CC(C)(C)NC(=O)CN1CCCC(C(=O)NCCN)C1.Cl. The summed E-state index contributed by atoms with van der Waals surface area (Å²) >= 11 is 0. The number of amides is 2. The van der Waals surface area contributed by atoms with Gasteiger partial charge < -0.3 is 16.4 Å². The van der Waals surface area contributed by atoms with Crippen LogP contribution >= 0.6 is 12.4 Å². The molecule has 1 aliphatic heterocycles. The summed E-state index contributed by atoms with van der Waals surface area (Å²) in [4.78, 5) is 25.9. The lowest BCUT2D eigenvalue weighted by Gasteiger charge is -2.32. The van der Waals surface area contributed by atoms with Gasteiger partial charge in [0.15, 0.2) is 0 Å². The van der Waals surface area contributed by atoms with E-state index in [1.165, 1.54) is 0 Å². The molecule has 1 aliphatic rings. The number of nitrogens with one attached hydrogen (secondary N) is 2. The van der Waals surface area contributed by atoms with Gasteiger partial charge in [0, 0.05) is 25.2 Å². The van der Waals surface area contributed by atoms with E-state index in [9.17, 15) is 9.59 Å². The van der Waals surface area contributed by atoms with Crippen LogP contribution in [0.3, 0.4) is 0 Å². The molecule has 1 rings (SSSR count). The molecule has 2 amide bonds. The van der Waals surface area contributed by atoms with Crippen molar-refractivity contribution in [3.8, 4) is 0 Å². The molecule has 0 aliphatic carbocycles. The van der Waals surface area contributed by atoms with E-state index < -0.39 is 0 Å². The van der Waals surface area contributed by atoms with E-state index in [-0.39, 0.29) is 35.7 Å². The molecule has 1 unspecified atom stereocenters. The molecule has 21 heavy (non-hydrogen) atoms. The average molecular weight is 321 g/mol. The lowest BCUT2D eigenvalue weighted by Crippen LogP contribution is -2.50. The lowest BCUT2D eigenvalue weighted by atomic mass is 9.97. The third-order valence-electron chi connectivity index (χ3n) is 3.20. The van der Waals surface area contributed by atoms with Crippen LogP contribution in [-0.2, 0) is 9.59 Å². The number of hydrogen-bond donors (Lipinski definition) is 3. The van der Waals surface area contributed by atoms with Crippen molar-refractivity contribution < 1.29 is 9.59 Å². The van der Waals surface area contributed by atoms with Gasteiger partial charge in [0.1, 0.15) is 0 Å². The highest BCUT2D eigenvalue weighted by Gasteiger charge is 2.27. The van der Waals surface area contributed by atoms with Crippen LogP contribution in [0.5, 0.6) is 0 Å². The second-order valence-corrected chi connectivity index (χ2v) is 6.45. The molecule has 0 aromatic rings. The summed E-state index contributed by atoms with van der Waals surface area (Å²) in [5, 5.41) is 5.77.